The summed E-state index contributed by atoms with van der Waals surface area (Å²) in [6, 6.07) is 10.1. The van der Waals surface area contributed by atoms with E-state index >= 15 is 0 Å². The molecule has 1 saturated heterocycles. The molecule has 0 aliphatic carbocycles. The molecule has 2 aromatic carbocycles. The van der Waals surface area contributed by atoms with Gasteiger partial charge in [0.25, 0.3) is 5.91 Å². The van der Waals surface area contributed by atoms with E-state index in [-0.39, 0.29) is 17.5 Å². The number of aromatic nitrogens is 3. The summed E-state index contributed by atoms with van der Waals surface area (Å²) in [5, 5.41) is 16.6. The van der Waals surface area contributed by atoms with Gasteiger partial charge < -0.3 is 25.2 Å². The molecule has 11 heteroatoms. The zero-order chi connectivity index (χ0) is 27.4. The van der Waals surface area contributed by atoms with Crippen LogP contribution >= 0.6 is 11.6 Å². The van der Waals surface area contributed by atoms with Crippen molar-refractivity contribution < 1.29 is 14.3 Å². The number of nitrogens with zero attached hydrogens (tertiary/aromatic N) is 5. The van der Waals surface area contributed by atoms with E-state index in [9.17, 15) is 14.3 Å². The van der Waals surface area contributed by atoms with Crippen molar-refractivity contribution in [2.45, 2.75) is 6.42 Å². The van der Waals surface area contributed by atoms with Crippen LogP contribution in [0.2, 0.25) is 5.02 Å². The van der Waals surface area contributed by atoms with E-state index in [1.807, 2.05) is 29.0 Å². The number of halogens is 2. The quantitative estimate of drug-likeness (QED) is 0.293. The van der Waals surface area contributed by atoms with Gasteiger partial charge in [-0.15, -0.1) is 0 Å². The predicted octanol–water partition coefficient (Wildman–Crippen LogP) is 3.47. The van der Waals surface area contributed by atoms with Crippen molar-refractivity contribution in [2.75, 3.05) is 58.2 Å². The average molecular weight is 552 g/mol. The van der Waals surface area contributed by atoms with Gasteiger partial charge in [0.1, 0.15) is 18.0 Å². The Hall–Kier alpha value is -3.57. The van der Waals surface area contributed by atoms with Crippen LogP contribution in [0.3, 0.4) is 0 Å². The van der Waals surface area contributed by atoms with Gasteiger partial charge in [0, 0.05) is 75.0 Å². The van der Waals surface area contributed by atoms with Gasteiger partial charge in [-0.25, -0.2) is 14.4 Å². The Labute approximate surface area is 231 Å². The van der Waals surface area contributed by atoms with Gasteiger partial charge in [-0.3, -0.25) is 9.69 Å². The third-order valence-electron chi connectivity index (χ3n) is 6.94. The number of aliphatic hydroxyl groups excluding tert-OH is 1. The smallest absolute Gasteiger partial charge is 0.253 e. The lowest BCUT2D eigenvalue weighted by molar-refractivity contribution is 0.0940. The van der Waals surface area contributed by atoms with Crippen LogP contribution in [0.15, 0.2) is 55.1 Å². The second-order valence-corrected chi connectivity index (χ2v) is 10.1. The molecule has 1 aliphatic heterocycles. The molecule has 0 spiro atoms. The minimum atomic E-state index is -0.498. The number of nitrogens with one attached hydrogen (secondary N) is 2. The van der Waals surface area contributed by atoms with E-state index < -0.39 is 5.82 Å². The fraction of sp³-hybridized carbons (Fsp3) is 0.321. The van der Waals surface area contributed by atoms with Crippen molar-refractivity contribution in [2.24, 2.45) is 0 Å². The molecule has 9 nitrogen and oxygen atoms in total. The summed E-state index contributed by atoms with van der Waals surface area (Å²) < 4.78 is 15.5. The number of hydrogen-bond donors (Lipinski definition) is 3. The van der Waals surface area contributed by atoms with Crippen molar-refractivity contribution in [3.63, 3.8) is 0 Å². The number of amides is 1. The van der Waals surface area contributed by atoms with Crippen LogP contribution < -0.4 is 10.6 Å². The van der Waals surface area contributed by atoms with Crippen molar-refractivity contribution in [3.8, 4) is 5.69 Å². The molecule has 204 valence electrons. The Morgan fingerprint density at radius 1 is 1.10 bits per heavy atom. The minimum absolute atomic E-state index is 0.0112. The highest BCUT2D eigenvalue weighted by Crippen LogP contribution is 2.28. The van der Waals surface area contributed by atoms with Crippen molar-refractivity contribution >= 4 is 39.9 Å². The second-order valence-electron chi connectivity index (χ2n) is 9.66. The van der Waals surface area contributed by atoms with Crippen LogP contribution in [0.1, 0.15) is 15.9 Å². The molecule has 1 fully saturated rings. The monoisotopic (exact) mass is 551 g/mol. The van der Waals surface area contributed by atoms with Crippen LogP contribution in [-0.4, -0.2) is 88.3 Å². The Balaban J connectivity index is 1.36. The van der Waals surface area contributed by atoms with Gasteiger partial charge in [-0.05, 0) is 55.4 Å². The van der Waals surface area contributed by atoms with E-state index in [0.29, 0.717) is 35.6 Å². The zero-order valence-corrected chi connectivity index (χ0v) is 22.5. The number of fused-ring (bicyclic) bond motifs is 1. The fourth-order valence-corrected chi connectivity index (χ4v) is 4.86. The lowest BCUT2D eigenvalue weighted by Crippen LogP contribution is -2.46. The van der Waals surface area contributed by atoms with Crippen LogP contribution in [0.25, 0.3) is 16.6 Å². The van der Waals surface area contributed by atoms with Crippen LogP contribution in [0.5, 0.6) is 0 Å². The normalized spacial score (nSPS) is 14.6. The molecule has 39 heavy (non-hydrogen) atoms. The predicted molar refractivity (Wildman–Crippen MR) is 151 cm³/mol. The number of benzene rings is 2. The molecule has 0 radical (unpaired) electrons. The number of carbonyl (C=O) groups excluding carboxylic acids is 1. The molecule has 5 rings (SSSR count). The molecule has 0 bridgehead atoms. The Morgan fingerprint density at radius 3 is 2.69 bits per heavy atom. The summed E-state index contributed by atoms with van der Waals surface area (Å²) in [6.07, 6.45) is 5.47. The summed E-state index contributed by atoms with van der Waals surface area (Å²) in [4.78, 5) is 26.5. The van der Waals surface area contributed by atoms with Crippen LogP contribution in [-0.2, 0) is 6.42 Å². The third-order valence-corrected chi connectivity index (χ3v) is 7.23. The molecule has 3 heterocycles. The second kappa shape index (κ2) is 12.1. The SMILES string of the molecule is CN1CCN(CCNC(=O)c2cn(-c3ccc4ncnc(Nc5ccc(F)c(Cl)c5)c4c3)cc2CCO)CC1. The third kappa shape index (κ3) is 6.36. The van der Waals surface area contributed by atoms with Crippen LogP contribution in [0, 0.1) is 5.82 Å². The largest absolute Gasteiger partial charge is 0.396 e. The molecule has 3 N–H and O–H groups in total. The maximum atomic E-state index is 13.6. The molecule has 0 atom stereocenters. The topological polar surface area (TPSA) is 98.5 Å². The lowest BCUT2D eigenvalue weighted by Gasteiger charge is -2.32. The maximum Gasteiger partial charge on any atom is 0.253 e. The number of hydrogen-bond acceptors (Lipinski definition) is 7. The fourth-order valence-electron chi connectivity index (χ4n) is 4.68. The summed E-state index contributed by atoms with van der Waals surface area (Å²) in [5.74, 6) is -0.123. The standard InChI is InChI=1S/C28H31ClFN7O2/c1-35-9-11-36(12-10-35)8-7-31-28(39)23-17-37(16-19(23)6-13-38)21-3-5-26-22(15-21)27(33-18-32-26)34-20-2-4-25(30)24(29)14-20/h2-5,14-18,38H,6-13H2,1H3,(H,31,39)(H,32,33,34). The summed E-state index contributed by atoms with van der Waals surface area (Å²) in [5.41, 5.74) is 3.40. The highest BCUT2D eigenvalue weighted by Gasteiger charge is 2.17. The summed E-state index contributed by atoms with van der Waals surface area (Å²) in [6.45, 7) is 5.35. The number of rotatable bonds is 9. The molecule has 1 aliphatic rings. The first-order valence-corrected chi connectivity index (χ1v) is 13.3. The van der Waals surface area contributed by atoms with E-state index in [1.165, 1.54) is 18.5 Å². The van der Waals surface area contributed by atoms with E-state index in [0.717, 1.165) is 49.4 Å². The lowest BCUT2D eigenvalue weighted by atomic mass is 10.1. The average Bonchev–Trinajstić information content (AvgIpc) is 3.36. The first-order valence-electron chi connectivity index (χ1n) is 12.9. The highest BCUT2D eigenvalue weighted by molar-refractivity contribution is 6.31. The Morgan fingerprint density at radius 2 is 1.92 bits per heavy atom. The van der Waals surface area contributed by atoms with Gasteiger partial charge >= 0.3 is 0 Å². The number of likely N-dealkylation sites (N-methyl/N-ethyl adjacent to an activating group) is 1. The van der Waals surface area contributed by atoms with E-state index in [1.54, 1.807) is 12.3 Å². The van der Waals surface area contributed by atoms with Gasteiger partial charge in [-0.2, -0.15) is 0 Å². The number of aliphatic hydroxyl groups is 1. The maximum absolute atomic E-state index is 13.6. The molecule has 2 aromatic heterocycles. The minimum Gasteiger partial charge on any atom is -0.396 e. The molecule has 0 saturated carbocycles. The van der Waals surface area contributed by atoms with Crippen molar-refractivity contribution in [1.82, 2.24) is 29.7 Å². The molecular weight excluding hydrogens is 521 g/mol. The zero-order valence-electron chi connectivity index (χ0n) is 21.7. The van der Waals surface area contributed by atoms with E-state index in [4.69, 9.17) is 11.6 Å². The van der Waals surface area contributed by atoms with Gasteiger partial charge in [0.05, 0.1) is 16.1 Å². The first-order chi connectivity index (χ1) is 18.9. The van der Waals surface area contributed by atoms with Crippen molar-refractivity contribution in [1.29, 1.82) is 0 Å². The van der Waals surface area contributed by atoms with E-state index in [2.05, 4.69) is 37.4 Å². The van der Waals surface area contributed by atoms with Gasteiger partial charge in [0.15, 0.2) is 0 Å². The van der Waals surface area contributed by atoms with Gasteiger partial charge in [-0.1, -0.05) is 11.6 Å². The van der Waals surface area contributed by atoms with Crippen molar-refractivity contribution in [3.05, 3.63) is 77.1 Å². The molecule has 1 amide bonds. The molecule has 4 aromatic rings. The molecular formula is C28H31ClFN7O2. The Kier molecular flexibility index (Phi) is 8.37. The van der Waals surface area contributed by atoms with Crippen LogP contribution in [0.4, 0.5) is 15.9 Å². The number of piperazine rings is 1. The number of carbonyl (C=O) groups is 1. The molecule has 0 unspecified atom stereocenters. The summed E-state index contributed by atoms with van der Waals surface area (Å²) in [7, 11) is 2.12. The summed E-state index contributed by atoms with van der Waals surface area (Å²) >= 11 is 5.94. The first kappa shape index (κ1) is 27.0. The number of anilines is 2. The van der Waals surface area contributed by atoms with Gasteiger partial charge in [0.2, 0.25) is 0 Å². The highest BCUT2D eigenvalue weighted by atomic mass is 35.5. The Bertz CT molecular complexity index is 1470.